The van der Waals surface area contributed by atoms with Crippen LogP contribution in [0.1, 0.15) is 21.0 Å². The number of aromatic nitrogens is 2. The molecule has 0 aliphatic heterocycles. The number of hydrogen-bond donors (Lipinski definition) is 2. The van der Waals surface area contributed by atoms with E-state index in [1.165, 1.54) is 12.3 Å². The van der Waals surface area contributed by atoms with Crippen LogP contribution >= 0.6 is 0 Å². The zero-order valence-electron chi connectivity index (χ0n) is 7.71. The SMILES string of the molecule is O=C(Nc1ccon1)c1cc(C(=O)O)on1. The van der Waals surface area contributed by atoms with Crippen LogP contribution in [0, 0.1) is 0 Å². The highest BCUT2D eigenvalue weighted by atomic mass is 16.5. The lowest BCUT2D eigenvalue weighted by Crippen LogP contribution is -2.12. The van der Waals surface area contributed by atoms with E-state index in [0.29, 0.717) is 0 Å². The van der Waals surface area contributed by atoms with Crippen molar-refractivity contribution in [2.24, 2.45) is 0 Å². The van der Waals surface area contributed by atoms with Gasteiger partial charge in [-0.25, -0.2) is 4.79 Å². The maximum atomic E-state index is 11.4. The number of nitrogens with zero attached hydrogens (tertiary/aromatic N) is 2. The fraction of sp³-hybridized carbons (Fsp3) is 0. The Balaban J connectivity index is 2.12. The predicted molar refractivity (Wildman–Crippen MR) is 47.9 cm³/mol. The average molecular weight is 223 g/mol. The highest BCUT2D eigenvalue weighted by Crippen LogP contribution is 2.07. The number of carbonyl (C=O) groups is 2. The normalized spacial score (nSPS) is 10.0. The zero-order valence-corrected chi connectivity index (χ0v) is 7.71. The third-order valence-electron chi connectivity index (χ3n) is 1.63. The van der Waals surface area contributed by atoms with Crippen molar-refractivity contribution in [1.82, 2.24) is 10.3 Å². The predicted octanol–water partition coefficient (Wildman–Crippen LogP) is 0.613. The molecule has 2 aromatic rings. The Morgan fingerprint density at radius 1 is 1.38 bits per heavy atom. The van der Waals surface area contributed by atoms with Crippen LogP contribution in [0.3, 0.4) is 0 Å². The molecule has 0 radical (unpaired) electrons. The van der Waals surface area contributed by atoms with Gasteiger partial charge in [-0.1, -0.05) is 10.3 Å². The van der Waals surface area contributed by atoms with Gasteiger partial charge in [0.25, 0.3) is 5.91 Å². The molecule has 0 atom stereocenters. The van der Waals surface area contributed by atoms with Gasteiger partial charge in [0, 0.05) is 12.1 Å². The van der Waals surface area contributed by atoms with Crippen molar-refractivity contribution in [2.45, 2.75) is 0 Å². The molecule has 1 amide bonds. The van der Waals surface area contributed by atoms with Crippen LogP contribution in [0.4, 0.5) is 5.82 Å². The maximum Gasteiger partial charge on any atom is 0.374 e. The van der Waals surface area contributed by atoms with E-state index in [1.54, 1.807) is 0 Å². The molecule has 2 aromatic heterocycles. The summed E-state index contributed by atoms with van der Waals surface area (Å²) in [6.07, 6.45) is 1.28. The minimum atomic E-state index is -1.30. The Morgan fingerprint density at radius 2 is 2.19 bits per heavy atom. The van der Waals surface area contributed by atoms with Crippen molar-refractivity contribution in [3.63, 3.8) is 0 Å². The summed E-state index contributed by atoms with van der Waals surface area (Å²) in [4.78, 5) is 21.9. The van der Waals surface area contributed by atoms with Crippen molar-refractivity contribution in [1.29, 1.82) is 0 Å². The van der Waals surface area contributed by atoms with E-state index < -0.39 is 17.6 Å². The van der Waals surface area contributed by atoms with Gasteiger partial charge in [0.15, 0.2) is 11.5 Å². The number of amides is 1. The second-order valence-corrected chi connectivity index (χ2v) is 2.72. The minimum Gasteiger partial charge on any atom is -0.475 e. The molecule has 0 spiro atoms. The number of aromatic carboxylic acids is 1. The topological polar surface area (TPSA) is 118 Å². The van der Waals surface area contributed by atoms with Crippen molar-refractivity contribution in [2.75, 3.05) is 5.32 Å². The monoisotopic (exact) mass is 223 g/mol. The number of anilines is 1. The van der Waals surface area contributed by atoms with E-state index in [1.807, 2.05) is 0 Å². The molecule has 0 unspecified atom stereocenters. The van der Waals surface area contributed by atoms with Gasteiger partial charge < -0.3 is 19.5 Å². The second-order valence-electron chi connectivity index (χ2n) is 2.72. The van der Waals surface area contributed by atoms with E-state index in [2.05, 4.69) is 24.7 Å². The number of carboxylic acid groups (broad SMARTS) is 1. The Hall–Kier alpha value is -2.64. The van der Waals surface area contributed by atoms with Gasteiger partial charge in [-0.3, -0.25) is 4.79 Å². The van der Waals surface area contributed by atoms with E-state index in [-0.39, 0.29) is 11.5 Å². The Morgan fingerprint density at radius 3 is 2.75 bits per heavy atom. The summed E-state index contributed by atoms with van der Waals surface area (Å²) in [7, 11) is 0. The molecule has 2 rings (SSSR count). The van der Waals surface area contributed by atoms with Crippen LogP contribution < -0.4 is 5.32 Å². The van der Waals surface area contributed by atoms with Crippen LogP contribution in [0.5, 0.6) is 0 Å². The zero-order chi connectivity index (χ0) is 11.5. The molecule has 82 valence electrons. The van der Waals surface area contributed by atoms with E-state index in [4.69, 9.17) is 5.11 Å². The Kier molecular flexibility index (Phi) is 2.38. The van der Waals surface area contributed by atoms with Crippen LogP contribution in [-0.4, -0.2) is 27.3 Å². The summed E-state index contributed by atoms with van der Waals surface area (Å²) in [5.41, 5.74) is -0.152. The van der Waals surface area contributed by atoms with Gasteiger partial charge in [-0.15, -0.1) is 0 Å². The van der Waals surface area contributed by atoms with Gasteiger partial charge in [0.05, 0.1) is 0 Å². The molecule has 0 aliphatic carbocycles. The molecule has 16 heavy (non-hydrogen) atoms. The third kappa shape index (κ3) is 1.90. The molecular formula is C8H5N3O5. The third-order valence-corrected chi connectivity index (χ3v) is 1.63. The Bertz CT molecular complexity index is 516. The molecule has 0 saturated heterocycles. The van der Waals surface area contributed by atoms with Crippen LogP contribution in [0.25, 0.3) is 0 Å². The first-order valence-corrected chi connectivity index (χ1v) is 4.08. The first kappa shape index (κ1) is 9.90. The summed E-state index contributed by atoms with van der Waals surface area (Å²) >= 11 is 0. The molecule has 0 aromatic carbocycles. The maximum absolute atomic E-state index is 11.4. The fourth-order valence-corrected chi connectivity index (χ4v) is 0.940. The molecule has 0 saturated carbocycles. The van der Waals surface area contributed by atoms with Gasteiger partial charge in [-0.05, 0) is 0 Å². The summed E-state index contributed by atoms with van der Waals surface area (Å²) in [5.74, 6) is -2.15. The van der Waals surface area contributed by atoms with Gasteiger partial charge in [0.2, 0.25) is 5.76 Å². The number of hydrogen-bond acceptors (Lipinski definition) is 6. The van der Waals surface area contributed by atoms with Crippen LogP contribution in [0.2, 0.25) is 0 Å². The van der Waals surface area contributed by atoms with Crippen LogP contribution in [0.15, 0.2) is 27.4 Å². The van der Waals surface area contributed by atoms with Gasteiger partial charge in [-0.2, -0.15) is 0 Å². The van der Waals surface area contributed by atoms with Crippen molar-refractivity contribution in [3.05, 3.63) is 29.9 Å². The Labute approximate surface area is 87.8 Å². The van der Waals surface area contributed by atoms with Gasteiger partial charge in [0.1, 0.15) is 6.26 Å². The highest BCUT2D eigenvalue weighted by molar-refractivity contribution is 6.03. The molecule has 0 fully saturated rings. The molecule has 8 nitrogen and oxygen atoms in total. The quantitative estimate of drug-likeness (QED) is 0.782. The smallest absolute Gasteiger partial charge is 0.374 e. The first-order chi connectivity index (χ1) is 7.66. The highest BCUT2D eigenvalue weighted by Gasteiger charge is 2.17. The molecule has 2 N–H and O–H groups in total. The summed E-state index contributed by atoms with van der Waals surface area (Å²) in [6.45, 7) is 0. The number of carboxylic acids is 1. The van der Waals surface area contributed by atoms with E-state index in [0.717, 1.165) is 6.07 Å². The molecule has 8 heteroatoms. The summed E-state index contributed by atoms with van der Waals surface area (Å²) < 4.78 is 8.90. The average Bonchev–Trinajstić information content (AvgIpc) is 2.86. The van der Waals surface area contributed by atoms with Crippen LogP contribution in [-0.2, 0) is 0 Å². The lowest BCUT2D eigenvalue weighted by Gasteiger charge is -1.94. The van der Waals surface area contributed by atoms with Crippen molar-refractivity contribution < 1.29 is 23.7 Å². The molecule has 0 bridgehead atoms. The van der Waals surface area contributed by atoms with Gasteiger partial charge >= 0.3 is 5.97 Å². The summed E-state index contributed by atoms with van der Waals surface area (Å²) in [6, 6.07) is 2.44. The van der Waals surface area contributed by atoms with Crippen molar-refractivity contribution in [3.8, 4) is 0 Å². The minimum absolute atomic E-state index is 0.152. The largest absolute Gasteiger partial charge is 0.475 e. The first-order valence-electron chi connectivity index (χ1n) is 4.08. The number of rotatable bonds is 3. The summed E-state index contributed by atoms with van der Waals surface area (Å²) in [5, 5.41) is 17.6. The number of carbonyl (C=O) groups excluding carboxylic acids is 1. The van der Waals surface area contributed by atoms with Crippen molar-refractivity contribution >= 4 is 17.7 Å². The molecular weight excluding hydrogens is 218 g/mol. The van der Waals surface area contributed by atoms with E-state index >= 15 is 0 Å². The fourth-order valence-electron chi connectivity index (χ4n) is 0.940. The van der Waals surface area contributed by atoms with E-state index in [9.17, 15) is 9.59 Å². The lowest BCUT2D eigenvalue weighted by atomic mass is 10.3. The number of nitrogens with one attached hydrogen (secondary N) is 1. The molecule has 2 heterocycles. The second kappa shape index (κ2) is 3.85. The standard InChI is InChI=1S/C8H5N3O5/c12-7(9-6-1-2-15-11-6)4-3-5(8(13)14)16-10-4/h1-3H,(H,13,14)(H,9,11,12). The lowest BCUT2D eigenvalue weighted by molar-refractivity contribution is 0.0651. The molecule has 0 aliphatic rings.